The number of piperidine rings is 1. The van der Waals surface area contributed by atoms with E-state index in [0.29, 0.717) is 18.4 Å². The number of hydrogen-bond acceptors (Lipinski definition) is 3. The molecule has 1 atom stereocenters. The van der Waals surface area contributed by atoms with Crippen LogP contribution >= 0.6 is 0 Å². The van der Waals surface area contributed by atoms with Gasteiger partial charge in [-0.15, -0.1) is 0 Å². The molecule has 26 heavy (non-hydrogen) atoms. The van der Waals surface area contributed by atoms with Crippen LogP contribution in [0.3, 0.4) is 0 Å². The largest absolute Gasteiger partial charge is 0.385 e. The third-order valence-electron chi connectivity index (χ3n) is 5.17. The average molecular weight is 355 g/mol. The Kier molecular flexibility index (Phi) is 5.87. The van der Waals surface area contributed by atoms with Gasteiger partial charge >= 0.3 is 0 Å². The van der Waals surface area contributed by atoms with Crippen molar-refractivity contribution in [2.24, 2.45) is 0 Å². The Morgan fingerprint density at radius 1 is 1.08 bits per heavy atom. The molecule has 1 heterocycles. The van der Waals surface area contributed by atoms with Crippen LogP contribution in [0.5, 0.6) is 0 Å². The number of benzene rings is 2. The lowest BCUT2D eigenvalue weighted by atomic mass is 9.84. The van der Waals surface area contributed by atoms with Gasteiger partial charge in [0.1, 0.15) is 5.82 Å². The smallest absolute Gasteiger partial charge is 0.123 e. The Bertz CT molecular complexity index is 732. The van der Waals surface area contributed by atoms with Crippen LogP contribution in [0, 0.1) is 12.7 Å². The molecular formula is C22H26FNO2. The van der Waals surface area contributed by atoms with E-state index in [0.717, 1.165) is 25.2 Å². The molecule has 0 bridgehead atoms. The van der Waals surface area contributed by atoms with E-state index >= 15 is 0 Å². The number of halogens is 1. The van der Waals surface area contributed by atoms with Crippen LogP contribution in [-0.2, 0) is 5.60 Å². The zero-order chi connectivity index (χ0) is 18.6. The summed E-state index contributed by atoms with van der Waals surface area (Å²) in [6, 6.07) is 14.0. The lowest BCUT2D eigenvalue weighted by Crippen LogP contribution is -2.42. The summed E-state index contributed by atoms with van der Waals surface area (Å²) in [4.78, 5) is 2.26. The normalized spacial score (nSPS) is 18.9. The number of aryl methyl sites for hydroxylation is 1. The molecule has 1 saturated heterocycles. The summed E-state index contributed by atoms with van der Waals surface area (Å²) in [5, 5.41) is 21.0. The number of aliphatic hydroxyl groups is 2. The van der Waals surface area contributed by atoms with Crippen molar-refractivity contribution in [2.45, 2.75) is 31.5 Å². The first-order chi connectivity index (χ1) is 12.5. The van der Waals surface area contributed by atoms with Crippen molar-refractivity contribution in [3.8, 4) is 0 Å². The van der Waals surface area contributed by atoms with Crippen LogP contribution in [0.4, 0.5) is 4.39 Å². The highest BCUT2D eigenvalue weighted by Crippen LogP contribution is 2.32. The van der Waals surface area contributed by atoms with Gasteiger partial charge in [-0.3, -0.25) is 4.90 Å². The first kappa shape index (κ1) is 18.8. The molecule has 0 aromatic heterocycles. The summed E-state index contributed by atoms with van der Waals surface area (Å²) in [5.74, 6) is -0.306. The van der Waals surface area contributed by atoms with Crippen LogP contribution in [-0.4, -0.2) is 34.7 Å². The molecule has 0 spiro atoms. The van der Waals surface area contributed by atoms with E-state index in [2.05, 4.69) is 4.90 Å². The number of nitrogens with zero attached hydrogens (tertiary/aromatic N) is 1. The molecule has 4 heteroatoms. The number of likely N-dealkylation sites (tertiary alicyclic amines) is 1. The summed E-state index contributed by atoms with van der Waals surface area (Å²) < 4.78 is 12.9. The molecule has 1 fully saturated rings. The molecule has 3 nitrogen and oxygen atoms in total. The van der Waals surface area contributed by atoms with Gasteiger partial charge in [-0.1, -0.05) is 54.1 Å². The highest BCUT2D eigenvalue weighted by atomic mass is 19.1. The molecule has 0 radical (unpaired) electrons. The second-order valence-electron chi connectivity index (χ2n) is 7.12. The zero-order valence-electron chi connectivity index (χ0n) is 15.1. The molecule has 2 aromatic carbocycles. The molecule has 0 aliphatic carbocycles. The summed E-state index contributed by atoms with van der Waals surface area (Å²) in [5.41, 5.74) is 2.11. The molecule has 0 saturated carbocycles. The van der Waals surface area contributed by atoms with Crippen LogP contribution in [0.25, 0.3) is 0 Å². The monoisotopic (exact) mass is 355 g/mol. The number of aliphatic hydroxyl groups excluding tert-OH is 1. The van der Waals surface area contributed by atoms with E-state index in [-0.39, 0.29) is 5.82 Å². The molecule has 1 aliphatic heterocycles. The number of rotatable bonds is 5. The van der Waals surface area contributed by atoms with Crippen LogP contribution in [0.2, 0.25) is 0 Å². The molecule has 1 unspecified atom stereocenters. The van der Waals surface area contributed by atoms with Crippen molar-refractivity contribution in [1.82, 2.24) is 4.90 Å². The Balaban J connectivity index is 1.50. The topological polar surface area (TPSA) is 43.7 Å². The molecule has 138 valence electrons. The Morgan fingerprint density at radius 3 is 2.31 bits per heavy atom. The van der Waals surface area contributed by atoms with E-state index in [1.807, 2.05) is 37.3 Å². The average Bonchev–Trinajstić information content (AvgIpc) is 2.64. The quantitative estimate of drug-likeness (QED) is 0.804. The van der Waals surface area contributed by atoms with Gasteiger partial charge in [-0.2, -0.15) is 0 Å². The third kappa shape index (κ3) is 4.58. The van der Waals surface area contributed by atoms with Crippen molar-refractivity contribution in [3.05, 3.63) is 83.2 Å². The molecule has 3 rings (SSSR count). The maximum Gasteiger partial charge on any atom is 0.123 e. The van der Waals surface area contributed by atoms with E-state index in [1.54, 1.807) is 18.2 Å². The first-order valence-corrected chi connectivity index (χ1v) is 9.08. The minimum absolute atomic E-state index is 0.306. The SMILES string of the molecule is Cc1ccc(C2(O)CCN(CC=CC(O)c3ccc(F)cc3)CC2)cc1. The van der Waals surface area contributed by atoms with Crippen molar-refractivity contribution < 1.29 is 14.6 Å². The molecule has 2 N–H and O–H groups in total. The Morgan fingerprint density at radius 2 is 1.69 bits per heavy atom. The van der Waals surface area contributed by atoms with Gasteiger partial charge in [-0.05, 0) is 43.0 Å². The van der Waals surface area contributed by atoms with E-state index in [1.165, 1.54) is 17.7 Å². The summed E-state index contributed by atoms with van der Waals surface area (Å²) >= 11 is 0. The predicted octanol–water partition coefficient (Wildman–Crippen LogP) is 3.71. The van der Waals surface area contributed by atoms with Crippen molar-refractivity contribution in [2.75, 3.05) is 19.6 Å². The summed E-state index contributed by atoms with van der Waals surface area (Å²) in [7, 11) is 0. The highest BCUT2D eigenvalue weighted by Gasteiger charge is 2.33. The summed E-state index contributed by atoms with van der Waals surface area (Å²) in [6.45, 7) is 4.38. The van der Waals surface area contributed by atoms with Crippen molar-refractivity contribution in [1.29, 1.82) is 0 Å². The van der Waals surface area contributed by atoms with E-state index in [4.69, 9.17) is 0 Å². The zero-order valence-corrected chi connectivity index (χ0v) is 15.1. The van der Waals surface area contributed by atoms with Crippen LogP contribution in [0.1, 0.15) is 35.6 Å². The fraction of sp³-hybridized carbons (Fsp3) is 0.364. The second-order valence-corrected chi connectivity index (χ2v) is 7.12. The summed E-state index contributed by atoms with van der Waals surface area (Å²) in [6.07, 6.45) is 4.33. The van der Waals surface area contributed by atoms with Gasteiger partial charge in [0.15, 0.2) is 0 Å². The lowest BCUT2D eigenvalue weighted by molar-refractivity contribution is -0.0234. The van der Waals surface area contributed by atoms with E-state index in [9.17, 15) is 14.6 Å². The van der Waals surface area contributed by atoms with Crippen molar-refractivity contribution in [3.63, 3.8) is 0 Å². The van der Waals surface area contributed by atoms with Gasteiger partial charge in [0.25, 0.3) is 0 Å². The standard InChI is InChI=1S/C22H26FNO2/c1-17-4-8-19(9-5-17)22(26)12-15-24(16-13-22)14-2-3-21(25)18-6-10-20(23)11-7-18/h2-11,21,25-26H,12-16H2,1H3. The predicted molar refractivity (Wildman–Crippen MR) is 101 cm³/mol. The number of hydrogen-bond donors (Lipinski definition) is 2. The Labute approximate surface area is 154 Å². The van der Waals surface area contributed by atoms with Gasteiger partial charge < -0.3 is 10.2 Å². The van der Waals surface area contributed by atoms with Crippen molar-refractivity contribution >= 4 is 0 Å². The fourth-order valence-electron chi connectivity index (χ4n) is 3.37. The second kappa shape index (κ2) is 8.12. The molecule has 2 aromatic rings. The van der Waals surface area contributed by atoms with Gasteiger partial charge in [-0.25, -0.2) is 4.39 Å². The van der Waals surface area contributed by atoms with E-state index < -0.39 is 11.7 Å². The molecular weight excluding hydrogens is 329 g/mol. The third-order valence-corrected chi connectivity index (χ3v) is 5.17. The minimum atomic E-state index is -0.748. The van der Waals surface area contributed by atoms with Crippen LogP contribution in [0.15, 0.2) is 60.7 Å². The fourth-order valence-corrected chi connectivity index (χ4v) is 3.37. The minimum Gasteiger partial charge on any atom is -0.385 e. The highest BCUT2D eigenvalue weighted by molar-refractivity contribution is 5.27. The first-order valence-electron chi connectivity index (χ1n) is 9.08. The maximum absolute atomic E-state index is 12.9. The van der Waals surface area contributed by atoms with Gasteiger partial charge in [0.05, 0.1) is 11.7 Å². The maximum atomic E-state index is 12.9. The lowest BCUT2D eigenvalue weighted by Gasteiger charge is -2.38. The molecule has 0 amide bonds. The molecule has 1 aliphatic rings. The van der Waals surface area contributed by atoms with Gasteiger partial charge in [0, 0.05) is 19.6 Å². The van der Waals surface area contributed by atoms with Gasteiger partial charge in [0.2, 0.25) is 0 Å². The van der Waals surface area contributed by atoms with Crippen LogP contribution < -0.4 is 0 Å². The Hall–Kier alpha value is -2.01.